The Labute approximate surface area is 162 Å². The topological polar surface area (TPSA) is 0 Å². The molecule has 0 nitrogen and oxygen atoms in total. The maximum atomic E-state index is 2.45. The van der Waals surface area contributed by atoms with Crippen molar-refractivity contribution in [3.8, 4) is 0 Å². The zero-order valence-corrected chi connectivity index (χ0v) is 16.0. The summed E-state index contributed by atoms with van der Waals surface area (Å²) in [6, 6.07) is 43.3. The van der Waals surface area contributed by atoms with Crippen molar-refractivity contribution >= 4 is 29.3 Å². The molecule has 4 aromatic rings. The third-order valence-corrected chi connectivity index (χ3v) is 8.71. The molecule has 0 aliphatic heterocycles. The van der Waals surface area contributed by atoms with Gasteiger partial charge in [-0.2, -0.15) is 0 Å². The molecular formula is C26H22P+. The highest BCUT2D eigenvalue weighted by Gasteiger charge is 2.43. The van der Waals surface area contributed by atoms with E-state index >= 15 is 0 Å². The quantitative estimate of drug-likeness (QED) is 0.401. The Morgan fingerprint density at radius 2 is 0.741 bits per heavy atom. The van der Waals surface area contributed by atoms with Crippen LogP contribution >= 0.6 is 7.26 Å². The maximum absolute atomic E-state index is 2.45. The lowest BCUT2D eigenvalue weighted by atomic mass is 10.2. The van der Waals surface area contributed by atoms with Crippen molar-refractivity contribution in [3.05, 3.63) is 133 Å². The summed E-state index contributed by atoms with van der Waals surface area (Å²) in [5, 5.41) is 4.11. The SMILES string of the molecule is C(=C[P+](c1ccccc1)(c1ccccc1)c1ccccc1)c1ccccc1. The first-order chi connectivity index (χ1) is 13.4. The second-order valence-electron chi connectivity index (χ2n) is 6.46. The van der Waals surface area contributed by atoms with Gasteiger partial charge in [-0.3, -0.25) is 0 Å². The molecule has 0 aliphatic rings. The number of hydrogen-bond acceptors (Lipinski definition) is 0. The molecule has 0 saturated heterocycles. The fourth-order valence-corrected chi connectivity index (χ4v) is 7.19. The Morgan fingerprint density at radius 1 is 0.407 bits per heavy atom. The Balaban J connectivity index is 1.99. The molecule has 4 aromatic carbocycles. The van der Waals surface area contributed by atoms with E-state index in [9.17, 15) is 0 Å². The van der Waals surface area contributed by atoms with Gasteiger partial charge in [0, 0.05) is 0 Å². The minimum Gasteiger partial charge on any atom is -0.0622 e. The van der Waals surface area contributed by atoms with E-state index in [1.54, 1.807) is 0 Å². The van der Waals surface area contributed by atoms with Gasteiger partial charge in [0.25, 0.3) is 0 Å². The van der Waals surface area contributed by atoms with Crippen molar-refractivity contribution < 1.29 is 0 Å². The van der Waals surface area contributed by atoms with Crippen molar-refractivity contribution in [2.45, 2.75) is 0 Å². The fourth-order valence-electron chi connectivity index (χ4n) is 3.46. The highest BCUT2D eigenvalue weighted by atomic mass is 31.2. The summed E-state index contributed by atoms with van der Waals surface area (Å²) in [4.78, 5) is 0. The van der Waals surface area contributed by atoms with E-state index in [4.69, 9.17) is 0 Å². The molecule has 0 bridgehead atoms. The largest absolute Gasteiger partial charge is 0.136 e. The summed E-state index contributed by atoms with van der Waals surface area (Å²) in [5.74, 6) is 2.45. The van der Waals surface area contributed by atoms with Crippen LogP contribution in [0.1, 0.15) is 5.56 Å². The van der Waals surface area contributed by atoms with Gasteiger partial charge in [0.05, 0.1) is 5.82 Å². The second-order valence-corrected chi connectivity index (χ2v) is 9.75. The molecule has 0 amide bonds. The zero-order chi connectivity index (χ0) is 18.4. The van der Waals surface area contributed by atoms with Crippen molar-refractivity contribution in [2.24, 2.45) is 0 Å². The molecule has 0 aromatic heterocycles. The molecule has 0 N–H and O–H groups in total. The van der Waals surface area contributed by atoms with Crippen LogP contribution in [0.5, 0.6) is 0 Å². The van der Waals surface area contributed by atoms with Gasteiger partial charge in [0.15, 0.2) is 0 Å². The average Bonchev–Trinajstić information content (AvgIpc) is 2.77. The lowest BCUT2D eigenvalue weighted by molar-refractivity contribution is 1.66. The van der Waals surface area contributed by atoms with E-state index in [2.05, 4.69) is 133 Å². The van der Waals surface area contributed by atoms with Crippen LogP contribution in [0.4, 0.5) is 0 Å². The predicted molar refractivity (Wildman–Crippen MR) is 121 cm³/mol. The lowest BCUT2D eigenvalue weighted by Gasteiger charge is -2.24. The third kappa shape index (κ3) is 3.63. The first-order valence-electron chi connectivity index (χ1n) is 9.19. The molecule has 0 aliphatic carbocycles. The first kappa shape index (κ1) is 17.5. The molecule has 27 heavy (non-hydrogen) atoms. The Bertz CT molecular complexity index is 894. The van der Waals surface area contributed by atoms with Crippen LogP contribution in [0.2, 0.25) is 0 Å². The van der Waals surface area contributed by atoms with E-state index in [0.29, 0.717) is 0 Å². The van der Waals surface area contributed by atoms with Gasteiger partial charge >= 0.3 is 0 Å². The van der Waals surface area contributed by atoms with Crippen LogP contribution < -0.4 is 15.9 Å². The van der Waals surface area contributed by atoms with Crippen LogP contribution in [0.25, 0.3) is 6.08 Å². The summed E-state index contributed by atoms with van der Waals surface area (Å²) in [6.45, 7) is 0. The van der Waals surface area contributed by atoms with Crippen LogP contribution in [0.15, 0.2) is 127 Å². The molecule has 4 rings (SSSR count). The first-order valence-corrected chi connectivity index (χ1v) is 11.1. The van der Waals surface area contributed by atoms with Gasteiger partial charge < -0.3 is 0 Å². The van der Waals surface area contributed by atoms with E-state index in [-0.39, 0.29) is 0 Å². The van der Waals surface area contributed by atoms with Crippen LogP contribution in [0, 0.1) is 0 Å². The highest BCUT2D eigenvalue weighted by molar-refractivity contribution is 7.98. The molecule has 130 valence electrons. The number of rotatable bonds is 5. The van der Waals surface area contributed by atoms with Crippen molar-refractivity contribution in [1.82, 2.24) is 0 Å². The molecule has 0 heterocycles. The molecule has 0 fully saturated rings. The molecular weight excluding hydrogens is 343 g/mol. The summed E-state index contributed by atoms with van der Waals surface area (Å²) in [5.41, 5.74) is 1.23. The van der Waals surface area contributed by atoms with Crippen LogP contribution in [-0.2, 0) is 0 Å². The van der Waals surface area contributed by atoms with Crippen LogP contribution in [-0.4, -0.2) is 0 Å². The number of benzene rings is 4. The lowest BCUT2D eigenvalue weighted by Crippen LogP contribution is -2.29. The highest BCUT2D eigenvalue weighted by Crippen LogP contribution is 2.57. The molecule has 0 saturated carbocycles. The zero-order valence-electron chi connectivity index (χ0n) is 15.1. The molecule has 0 unspecified atom stereocenters. The normalized spacial score (nSPS) is 11.6. The summed E-state index contributed by atoms with van der Waals surface area (Å²) >= 11 is 0. The van der Waals surface area contributed by atoms with E-state index < -0.39 is 7.26 Å². The smallest absolute Gasteiger partial charge is 0.0622 e. The van der Waals surface area contributed by atoms with Gasteiger partial charge in [0.2, 0.25) is 0 Å². The van der Waals surface area contributed by atoms with Crippen molar-refractivity contribution in [2.75, 3.05) is 0 Å². The van der Waals surface area contributed by atoms with Crippen molar-refractivity contribution in [3.63, 3.8) is 0 Å². The van der Waals surface area contributed by atoms with Gasteiger partial charge in [-0.25, -0.2) is 0 Å². The fraction of sp³-hybridized carbons (Fsp3) is 0. The summed E-state index contributed by atoms with van der Waals surface area (Å²) in [6.07, 6.45) is 2.28. The standard InChI is InChI=1S/C26H22P/c1-5-13-23(14-6-1)21-22-27(24-15-7-2-8-16-24,25-17-9-3-10-18-25)26-19-11-4-12-20-26/h1-22H/q+1. The minimum absolute atomic E-state index is 1.23. The second kappa shape index (κ2) is 8.16. The number of hydrogen-bond donors (Lipinski definition) is 0. The van der Waals surface area contributed by atoms with Gasteiger partial charge in [0.1, 0.15) is 23.2 Å². The predicted octanol–water partition coefficient (Wildman–Crippen LogP) is 5.65. The summed E-state index contributed by atoms with van der Waals surface area (Å²) < 4.78 is 0. The van der Waals surface area contributed by atoms with Gasteiger partial charge in [-0.05, 0) is 48.0 Å². The summed E-state index contributed by atoms with van der Waals surface area (Å²) in [7, 11) is -1.90. The third-order valence-electron chi connectivity index (χ3n) is 4.78. The Hall–Kier alpha value is -2.95. The van der Waals surface area contributed by atoms with Crippen LogP contribution in [0.3, 0.4) is 0 Å². The monoisotopic (exact) mass is 365 g/mol. The molecule has 1 heteroatoms. The average molecular weight is 365 g/mol. The Kier molecular flexibility index (Phi) is 5.28. The van der Waals surface area contributed by atoms with E-state index in [1.165, 1.54) is 21.5 Å². The van der Waals surface area contributed by atoms with Gasteiger partial charge in [-0.1, -0.05) is 84.9 Å². The van der Waals surface area contributed by atoms with E-state index in [1.807, 2.05) is 0 Å². The maximum Gasteiger partial charge on any atom is 0.136 e. The van der Waals surface area contributed by atoms with E-state index in [0.717, 1.165) is 0 Å². The van der Waals surface area contributed by atoms with Gasteiger partial charge in [-0.15, -0.1) is 0 Å². The molecule has 0 spiro atoms. The molecule has 0 radical (unpaired) electrons. The Morgan fingerprint density at radius 3 is 1.11 bits per heavy atom. The molecule has 0 atom stereocenters. The minimum atomic E-state index is -1.90. The van der Waals surface area contributed by atoms with Crippen molar-refractivity contribution in [1.29, 1.82) is 0 Å².